The third kappa shape index (κ3) is 3.80. The number of carbonyl (C=O) groups is 1. The van der Waals surface area contributed by atoms with E-state index in [1.807, 2.05) is 4.68 Å². The minimum absolute atomic E-state index is 0.0313. The first-order chi connectivity index (χ1) is 13.0. The van der Waals surface area contributed by atoms with Crippen LogP contribution in [0, 0.1) is 20.8 Å². The van der Waals surface area contributed by atoms with Crippen molar-refractivity contribution in [1.82, 2.24) is 15.1 Å². The van der Waals surface area contributed by atoms with Crippen LogP contribution in [0.4, 0.5) is 0 Å². The van der Waals surface area contributed by atoms with Crippen molar-refractivity contribution < 1.29 is 4.79 Å². The number of aryl methyl sites for hydroxylation is 2. The molecule has 0 aliphatic heterocycles. The number of rotatable bonds is 5. The molecule has 0 radical (unpaired) electrons. The summed E-state index contributed by atoms with van der Waals surface area (Å²) in [5.74, 6) is 0.0313. The minimum Gasteiger partial charge on any atom is -0.352 e. The van der Waals surface area contributed by atoms with Gasteiger partial charge < -0.3 is 5.32 Å². The van der Waals surface area contributed by atoms with Gasteiger partial charge in [0.05, 0.1) is 11.4 Å². The van der Waals surface area contributed by atoms with E-state index in [9.17, 15) is 4.79 Å². The average Bonchev–Trinajstić information content (AvgIpc) is 3.40. The minimum atomic E-state index is 0.0313. The molecule has 27 heavy (non-hydrogen) atoms. The highest BCUT2D eigenvalue weighted by atomic mass is 16.2. The van der Waals surface area contributed by atoms with Gasteiger partial charge in [0.2, 0.25) is 5.91 Å². The van der Waals surface area contributed by atoms with E-state index in [-0.39, 0.29) is 12.5 Å². The number of nitrogens with one attached hydrogen (secondary N) is 1. The Labute approximate surface area is 160 Å². The van der Waals surface area contributed by atoms with Crippen LogP contribution in [-0.2, 0) is 11.3 Å². The summed E-state index contributed by atoms with van der Waals surface area (Å²) in [6.45, 7) is 6.49. The van der Waals surface area contributed by atoms with E-state index in [2.05, 4.69) is 74.6 Å². The monoisotopic (exact) mass is 359 g/mol. The van der Waals surface area contributed by atoms with Gasteiger partial charge >= 0.3 is 0 Å². The Bertz CT molecular complexity index is 964. The Morgan fingerprint density at radius 3 is 2.07 bits per heavy atom. The van der Waals surface area contributed by atoms with E-state index < -0.39 is 0 Å². The van der Waals surface area contributed by atoms with Crippen molar-refractivity contribution in [2.45, 2.75) is 46.2 Å². The smallest absolute Gasteiger partial charge is 0.241 e. The molecular weight excluding hydrogens is 334 g/mol. The van der Waals surface area contributed by atoms with Gasteiger partial charge in [0.1, 0.15) is 6.54 Å². The fraction of sp³-hybridized carbons (Fsp3) is 0.304. The first-order valence-electron chi connectivity index (χ1n) is 9.52. The molecule has 4 nitrogen and oxygen atoms in total. The zero-order valence-corrected chi connectivity index (χ0v) is 16.1. The fourth-order valence-electron chi connectivity index (χ4n) is 3.37. The first-order valence-corrected chi connectivity index (χ1v) is 9.52. The molecule has 1 aliphatic rings. The van der Waals surface area contributed by atoms with Crippen LogP contribution in [0.3, 0.4) is 0 Å². The molecule has 0 bridgehead atoms. The van der Waals surface area contributed by atoms with Crippen LogP contribution >= 0.6 is 0 Å². The topological polar surface area (TPSA) is 46.9 Å². The molecule has 1 amide bonds. The number of benzene rings is 2. The molecule has 138 valence electrons. The van der Waals surface area contributed by atoms with E-state index in [0.29, 0.717) is 6.04 Å². The third-order valence-electron chi connectivity index (χ3n) is 5.08. The molecule has 0 atom stereocenters. The summed E-state index contributed by atoms with van der Waals surface area (Å²) in [7, 11) is 0. The second-order valence-corrected chi connectivity index (χ2v) is 7.55. The molecule has 1 heterocycles. The van der Waals surface area contributed by atoms with Crippen LogP contribution in [0.25, 0.3) is 22.5 Å². The van der Waals surface area contributed by atoms with E-state index >= 15 is 0 Å². The van der Waals surface area contributed by atoms with Gasteiger partial charge in [-0.15, -0.1) is 0 Å². The molecule has 0 saturated heterocycles. The third-order valence-corrected chi connectivity index (χ3v) is 5.08. The second kappa shape index (κ2) is 7.03. The molecule has 4 rings (SSSR count). The van der Waals surface area contributed by atoms with Gasteiger partial charge in [-0.1, -0.05) is 59.7 Å². The highest BCUT2D eigenvalue weighted by Crippen LogP contribution is 2.32. The van der Waals surface area contributed by atoms with Gasteiger partial charge in [0, 0.05) is 22.7 Å². The summed E-state index contributed by atoms with van der Waals surface area (Å²) in [6.07, 6.45) is 2.17. The molecule has 0 unspecified atom stereocenters. The number of hydrogen-bond acceptors (Lipinski definition) is 2. The van der Waals surface area contributed by atoms with Crippen LogP contribution < -0.4 is 5.32 Å². The van der Waals surface area contributed by atoms with Crippen molar-refractivity contribution in [3.8, 4) is 22.5 Å². The van der Waals surface area contributed by atoms with Crippen molar-refractivity contribution in [2.75, 3.05) is 0 Å². The summed E-state index contributed by atoms with van der Waals surface area (Å²) in [5, 5.41) is 7.90. The molecule has 0 spiro atoms. The predicted octanol–water partition coefficient (Wildman–Crippen LogP) is 4.42. The predicted molar refractivity (Wildman–Crippen MR) is 108 cm³/mol. The van der Waals surface area contributed by atoms with Gasteiger partial charge in [-0.3, -0.25) is 9.48 Å². The molecule has 4 heteroatoms. The largest absolute Gasteiger partial charge is 0.352 e. The van der Waals surface area contributed by atoms with Crippen LogP contribution in [-0.4, -0.2) is 21.7 Å². The Morgan fingerprint density at radius 1 is 0.963 bits per heavy atom. The van der Waals surface area contributed by atoms with Crippen molar-refractivity contribution in [2.24, 2.45) is 0 Å². The summed E-state index contributed by atoms with van der Waals surface area (Å²) >= 11 is 0. The standard InChI is InChI=1S/C23H25N3O/c1-15-4-8-18(9-5-15)22-17(3)23(19-10-6-16(2)7-11-19)26(25-22)14-21(27)24-20-12-13-20/h4-11,20H,12-14H2,1-3H3,(H,24,27). The Kier molecular flexibility index (Phi) is 4.56. The van der Waals surface area contributed by atoms with Crippen molar-refractivity contribution in [1.29, 1.82) is 0 Å². The van der Waals surface area contributed by atoms with Gasteiger partial charge in [0.25, 0.3) is 0 Å². The number of carbonyl (C=O) groups excluding carboxylic acids is 1. The van der Waals surface area contributed by atoms with E-state index in [0.717, 1.165) is 40.9 Å². The zero-order valence-electron chi connectivity index (χ0n) is 16.1. The normalized spacial score (nSPS) is 13.6. The lowest BCUT2D eigenvalue weighted by atomic mass is 10.0. The molecule has 1 fully saturated rings. The molecular formula is C23H25N3O. The number of aromatic nitrogens is 2. The van der Waals surface area contributed by atoms with Gasteiger partial charge in [-0.2, -0.15) is 5.10 Å². The second-order valence-electron chi connectivity index (χ2n) is 7.55. The van der Waals surface area contributed by atoms with E-state index in [4.69, 9.17) is 5.10 Å². The lowest BCUT2D eigenvalue weighted by Gasteiger charge is -2.09. The number of amides is 1. The highest BCUT2D eigenvalue weighted by Gasteiger charge is 2.25. The average molecular weight is 359 g/mol. The van der Waals surface area contributed by atoms with Crippen LogP contribution in [0.1, 0.15) is 29.5 Å². The first kappa shape index (κ1) is 17.5. The summed E-state index contributed by atoms with van der Waals surface area (Å²) < 4.78 is 1.85. The zero-order chi connectivity index (χ0) is 19.0. The Balaban J connectivity index is 1.76. The SMILES string of the molecule is Cc1ccc(-c2nn(CC(=O)NC3CC3)c(-c3ccc(C)cc3)c2C)cc1. The van der Waals surface area contributed by atoms with Gasteiger partial charge in [-0.25, -0.2) is 0 Å². The Hall–Kier alpha value is -2.88. The number of nitrogens with zero attached hydrogens (tertiary/aromatic N) is 2. The molecule has 1 N–H and O–H groups in total. The highest BCUT2D eigenvalue weighted by molar-refractivity contribution is 5.79. The lowest BCUT2D eigenvalue weighted by molar-refractivity contribution is -0.121. The van der Waals surface area contributed by atoms with Crippen LogP contribution in [0.5, 0.6) is 0 Å². The molecule has 1 aliphatic carbocycles. The van der Waals surface area contributed by atoms with Crippen molar-refractivity contribution in [3.05, 3.63) is 65.2 Å². The maximum atomic E-state index is 12.4. The van der Waals surface area contributed by atoms with E-state index in [1.54, 1.807) is 0 Å². The van der Waals surface area contributed by atoms with Crippen LogP contribution in [0.2, 0.25) is 0 Å². The van der Waals surface area contributed by atoms with Gasteiger partial charge in [-0.05, 0) is 33.6 Å². The van der Waals surface area contributed by atoms with Crippen LogP contribution in [0.15, 0.2) is 48.5 Å². The van der Waals surface area contributed by atoms with Crippen molar-refractivity contribution in [3.63, 3.8) is 0 Å². The maximum absolute atomic E-state index is 12.4. The maximum Gasteiger partial charge on any atom is 0.241 e. The quantitative estimate of drug-likeness (QED) is 0.733. The van der Waals surface area contributed by atoms with E-state index in [1.165, 1.54) is 11.1 Å². The summed E-state index contributed by atoms with van der Waals surface area (Å²) in [5.41, 5.74) is 7.64. The Morgan fingerprint density at radius 2 is 1.52 bits per heavy atom. The molecule has 3 aromatic rings. The van der Waals surface area contributed by atoms with Crippen molar-refractivity contribution >= 4 is 5.91 Å². The molecule has 1 aromatic heterocycles. The summed E-state index contributed by atoms with van der Waals surface area (Å²) in [6, 6.07) is 17.1. The fourth-order valence-corrected chi connectivity index (χ4v) is 3.37. The van der Waals surface area contributed by atoms with Gasteiger partial charge in [0.15, 0.2) is 0 Å². The molecule has 1 saturated carbocycles. The number of hydrogen-bond donors (Lipinski definition) is 1. The lowest BCUT2D eigenvalue weighted by Crippen LogP contribution is -2.29. The molecule has 2 aromatic carbocycles. The summed E-state index contributed by atoms with van der Waals surface area (Å²) in [4.78, 5) is 12.4.